The molecule has 0 spiro atoms. The van der Waals surface area contributed by atoms with Gasteiger partial charge in [0.1, 0.15) is 5.75 Å². The third-order valence-electron chi connectivity index (χ3n) is 3.88. The summed E-state index contributed by atoms with van der Waals surface area (Å²) < 4.78 is 40.1. The van der Waals surface area contributed by atoms with Crippen LogP contribution in [0.2, 0.25) is 0 Å². The highest BCUT2D eigenvalue weighted by Gasteiger charge is 2.30. The summed E-state index contributed by atoms with van der Waals surface area (Å²) in [4.78, 5) is 12.2. The maximum absolute atomic E-state index is 12.2. The minimum absolute atomic E-state index is 0.266. The zero-order valence-corrected chi connectivity index (χ0v) is 13.2. The monoisotopic (exact) mass is 354 g/mol. The molecule has 3 N–H and O–H groups in total. The molecule has 1 aromatic heterocycles. The number of carbonyl (C=O) groups excluding carboxylic acids is 1. The van der Waals surface area contributed by atoms with Crippen LogP contribution >= 0.6 is 0 Å². The van der Waals surface area contributed by atoms with Gasteiger partial charge in [0.15, 0.2) is 5.69 Å². The van der Waals surface area contributed by atoms with Crippen LogP contribution in [0.15, 0.2) is 24.3 Å². The number of nitrogens with one attached hydrogen (secondary N) is 3. The lowest BCUT2D eigenvalue weighted by molar-refractivity contribution is -0.274. The summed E-state index contributed by atoms with van der Waals surface area (Å²) >= 11 is 0. The number of amides is 1. The molecule has 1 aliphatic rings. The Morgan fingerprint density at radius 3 is 2.76 bits per heavy atom. The number of carbonyl (C=O) groups is 1. The Morgan fingerprint density at radius 1 is 1.28 bits per heavy atom. The van der Waals surface area contributed by atoms with Crippen LogP contribution in [0, 0.1) is 0 Å². The van der Waals surface area contributed by atoms with E-state index >= 15 is 0 Å². The van der Waals surface area contributed by atoms with Gasteiger partial charge >= 0.3 is 6.36 Å². The lowest BCUT2D eigenvalue weighted by Gasteiger charge is -2.13. The molecule has 9 heteroatoms. The van der Waals surface area contributed by atoms with Crippen molar-refractivity contribution >= 4 is 5.91 Å². The number of H-pyrrole nitrogens is 1. The van der Waals surface area contributed by atoms with Gasteiger partial charge in [-0.1, -0.05) is 12.1 Å². The van der Waals surface area contributed by atoms with E-state index in [1.807, 2.05) is 0 Å². The first-order valence-electron chi connectivity index (χ1n) is 7.82. The number of halogens is 3. The first-order chi connectivity index (χ1) is 11.9. The summed E-state index contributed by atoms with van der Waals surface area (Å²) in [6, 6.07) is 5.57. The summed E-state index contributed by atoms with van der Waals surface area (Å²) in [5.74, 6) is -0.533. The van der Waals surface area contributed by atoms with Gasteiger partial charge in [-0.15, -0.1) is 13.2 Å². The second-order valence-corrected chi connectivity index (χ2v) is 5.65. The Kier molecular flexibility index (Phi) is 4.93. The number of rotatable bonds is 5. The highest BCUT2D eigenvalue weighted by Crippen LogP contribution is 2.22. The summed E-state index contributed by atoms with van der Waals surface area (Å²) in [5.41, 5.74) is 3.04. The van der Waals surface area contributed by atoms with Crippen molar-refractivity contribution in [2.24, 2.45) is 0 Å². The largest absolute Gasteiger partial charge is 0.573 e. The number of aromatic amines is 1. The molecule has 134 valence electrons. The molecule has 6 nitrogen and oxygen atoms in total. The van der Waals surface area contributed by atoms with Gasteiger partial charge in [0.2, 0.25) is 0 Å². The molecule has 2 aromatic rings. The van der Waals surface area contributed by atoms with Gasteiger partial charge in [-0.05, 0) is 24.1 Å². The molecule has 0 bridgehead atoms. The first kappa shape index (κ1) is 17.3. The Labute approximate surface area is 141 Å². The number of aromatic nitrogens is 2. The second kappa shape index (κ2) is 7.14. The fraction of sp³-hybridized carbons (Fsp3) is 0.375. The number of hydrogen-bond acceptors (Lipinski definition) is 4. The van der Waals surface area contributed by atoms with Crippen molar-refractivity contribution < 1.29 is 22.7 Å². The van der Waals surface area contributed by atoms with Crippen molar-refractivity contribution in [1.29, 1.82) is 0 Å². The van der Waals surface area contributed by atoms with Crippen LogP contribution in [0.4, 0.5) is 13.2 Å². The molecule has 1 aliphatic heterocycles. The van der Waals surface area contributed by atoms with Crippen molar-refractivity contribution in [1.82, 2.24) is 20.8 Å². The molecule has 1 amide bonds. The van der Waals surface area contributed by atoms with Gasteiger partial charge in [0.25, 0.3) is 5.91 Å². The SMILES string of the molecule is O=C(NCCc1ccc(OC(F)(F)F)cc1)c1n[nH]c2c1CNCC2. The molecule has 0 fully saturated rings. The topological polar surface area (TPSA) is 79.0 Å². The van der Waals surface area contributed by atoms with Crippen molar-refractivity contribution in [3.8, 4) is 5.75 Å². The van der Waals surface area contributed by atoms with E-state index in [0.717, 1.165) is 29.8 Å². The van der Waals surface area contributed by atoms with Crippen molar-refractivity contribution in [3.05, 3.63) is 46.8 Å². The number of ether oxygens (including phenoxy) is 1. The van der Waals surface area contributed by atoms with Gasteiger partial charge in [0.05, 0.1) is 0 Å². The number of nitrogens with zero attached hydrogens (tertiary/aromatic N) is 1. The average molecular weight is 354 g/mol. The van der Waals surface area contributed by atoms with Gasteiger partial charge in [-0.25, -0.2) is 0 Å². The Hall–Kier alpha value is -2.55. The Balaban J connectivity index is 1.51. The number of fused-ring (bicyclic) bond motifs is 1. The minimum atomic E-state index is -4.70. The van der Waals surface area contributed by atoms with Crippen molar-refractivity contribution in [2.45, 2.75) is 25.7 Å². The lowest BCUT2D eigenvalue weighted by Crippen LogP contribution is -2.29. The molecule has 0 atom stereocenters. The number of hydrogen-bond donors (Lipinski definition) is 3. The van der Waals surface area contributed by atoms with Crippen LogP contribution in [0.3, 0.4) is 0 Å². The van der Waals surface area contributed by atoms with Gasteiger partial charge in [-0.2, -0.15) is 5.10 Å². The molecule has 0 saturated carbocycles. The van der Waals surface area contributed by atoms with E-state index in [9.17, 15) is 18.0 Å². The van der Waals surface area contributed by atoms with E-state index < -0.39 is 6.36 Å². The average Bonchev–Trinajstić information content (AvgIpc) is 2.99. The van der Waals surface area contributed by atoms with Crippen LogP contribution in [-0.2, 0) is 19.4 Å². The minimum Gasteiger partial charge on any atom is -0.406 e. The maximum atomic E-state index is 12.2. The summed E-state index contributed by atoms with van der Waals surface area (Å²) in [7, 11) is 0. The van der Waals surface area contributed by atoms with Gasteiger partial charge in [-0.3, -0.25) is 9.89 Å². The second-order valence-electron chi connectivity index (χ2n) is 5.65. The molecule has 0 radical (unpaired) electrons. The zero-order chi connectivity index (χ0) is 17.9. The molecule has 0 unspecified atom stereocenters. The Morgan fingerprint density at radius 2 is 2.04 bits per heavy atom. The van der Waals surface area contributed by atoms with Crippen molar-refractivity contribution in [3.63, 3.8) is 0 Å². The van der Waals surface area contributed by atoms with Crippen LogP contribution in [0.5, 0.6) is 5.75 Å². The van der Waals surface area contributed by atoms with E-state index in [1.54, 1.807) is 0 Å². The maximum Gasteiger partial charge on any atom is 0.573 e. The van der Waals surface area contributed by atoms with Crippen LogP contribution in [0.25, 0.3) is 0 Å². The van der Waals surface area contributed by atoms with E-state index in [-0.39, 0.29) is 11.7 Å². The van der Waals surface area contributed by atoms with Crippen molar-refractivity contribution in [2.75, 3.05) is 13.1 Å². The number of benzene rings is 1. The normalized spacial score (nSPS) is 14.0. The fourth-order valence-corrected chi connectivity index (χ4v) is 2.67. The smallest absolute Gasteiger partial charge is 0.406 e. The highest BCUT2D eigenvalue weighted by molar-refractivity contribution is 5.94. The molecule has 2 heterocycles. The highest BCUT2D eigenvalue weighted by atomic mass is 19.4. The predicted molar refractivity (Wildman–Crippen MR) is 83.2 cm³/mol. The van der Waals surface area contributed by atoms with E-state index in [0.29, 0.717) is 25.2 Å². The molecular weight excluding hydrogens is 337 g/mol. The molecule has 0 aliphatic carbocycles. The molecule has 1 aromatic carbocycles. The van der Waals surface area contributed by atoms with Gasteiger partial charge in [0, 0.05) is 37.3 Å². The van der Waals surface area contributed by atoms with E-state index in [1.165, 1.54) is 24.3 Å². The van der Waals surface area contributed by atoms with Gasteiger partial charge < -0.3 is 15.4 Å². The third-order valence-corrected chi connectivity index (χ3v) is 3.88. The lowest BCUT2D eigenvalue weighted by atomic mass is 10.1. The van der Waals surface area contributed by atoms with Crippen LogP contribution < -0.4 is 15.4 Å². The molecule has 25 heavy (non-hydrogen) atoms. The summed E-state index contributed by atoms with van der Waals surface area (Å²) in [6.07, 6.45) is -3.40. The Bertz CT molecular complexity index is 741. The van der Waals surface area contributed by atoms with Crippen LogP contribution in [-0.4, -0.2) is 35.6 Å². The molecule has 0 saturated heterocycles. The molecular formula is C16H17F3N4O2. The zero-order valence-electron chi connectivity index (χ0n) is 13.2. The quantitative estimate of drug-likeness (QED) is 0.767. The fourth-order valence-electron chi connectivity index (χ4n) is 2.67. The first-order valence-corrected chi connectivity index (χ1v) is 7.82. The third kappa shape index (κ3) is 4.50. The summed E-state index contributed by atoms with van der Waals surface area (Å²) in [5, 5.41) is 12.9. The standard InChI is InChI=1S/C16H17F3N4O2/c17-16(18,19)25-11-3-1-10(2-4-11)5-8-21-15(24)14-12-9-20-7-6-13(12)22-23-14/h1-4,20H,5-9H2,(H,21,24)(H,22,23). The van der Waals surface area contributed by atoms with E-state index in [2.05, 4.69) is 25.6 Å². The van der Waals surface area contributed by atoms with Crippen LogP contribution in [0.1, 0.15) is 27.3 Å². The molecule has 3 rings (SSSR count). The van der Waals surface area contributed by atoms with E-state index in [4.69, 9.17) is 0 Å². The number of alkyl halides is 3. The summed E-state index contributed by atoms with van der Waals surface area (Å²) in [6.45, 7) is 1.81. The predicted octanol–water partition coefficient (Wildman–Crippen LogP) is 1.93.